The summed E-state index contributed by atoms with van der Waals surface area (Å²) in [6, 6.07) is 3.49. The highest BCUT2D eigenvalue weighted by Crippen LogP contribution is 2.40. The summed E-state index contributed by atoms with van der Waals surface area (Å²) in [6.07, 6.45) is -11.5. The molecular formula is C33H39F9N6O2. The Labute approximate surface area is 283 Å². The van der Waals surface area contributed by atoms with Crippen molar-refractivity contribution in [2.24, 2.45) is 18.9 Å². The van der Waals surface area contributed by atoms with E-state index in [2.05, 4.69) is 15.4 Å². The van der Waals surface area contributed by atoms with Gasteiger partial charge in [-0.3, -0.25) is 4.79 Å². The molecule has 1 fully saturated rings. The van der Waals surface area contributed by atoms with E-state index < -0.39 is 53.9 Å². The lowest BCUT2D eigenvalue weighted by molar-refractivity contribution is -0.145. The molecule has 276 valence electrons. The normalized spacial score (nSPS) is 17.1. The third kappa shape index (κ3) is 10.0. The van der Waals surface area contributed by atoms with Crippen LogP contribution in [-0.2, 0) is 48.2 Å². The van der Waals surface area contributed by atoms with Crippen molar-refractivity contribution in [1.82, 2.24) is 20.2 Å². The largest absolute Gasteiger partial charge is 0.466 e. The predicted octanol–water partition coefficient (Wildman–Crippen LogP) is 8.37. The van der Waals surface area contributed by atoms with Crippen LogP contribution in [0.25, 0.3) is 0 Å². The SMILES string of the molecule is CCOC(=O)C[C@H]1CC[C@@H](CN(CC)c2cc(C)c(C(F)(F)F)cc2CN(Cc2cc(C(F)(F)F)cc(C(F)(F)F)c2)c2nnn(C)n2)CC1. The van der Waals surface area contributed by atoms with Crippen LogP contribution in [0.5, 0.6) is 0 Å². The average molecular weight is 723 g/mol. The number of esters is 1. The number of alkyl halides is 9. The second-order valence-electron chi connectivity index (χ2n) is 12.6. The number of benzene rings is 2. The van der Waals surface area contributed by atoms with E-state index in [1.54, 1.807) is 6.92 Å². The van der Waals surface area contributed by atoms with Gasteiger partial charge in [0.1, 0.15) is 0 Å². The van der Waals surface area contributed by atoms with E-state index in [1.165, 1.54) is 24.9 Å². The van der Waals surface area contributed by atoms with E-state index in [4.69, 9.17) is 4.74 Å². The van der Waals surface area contributed by atoms with Crippen molar-refractivity contribution in [2.45, 2.75) is 84.5 Å². The first kappa shape index (κ1) is 38.7. The number of halogens is 9. The van der Waals surface area contributed by atoms with Gasteiger partial charge in [0.2, 0.25) is 0 Å². The Morgan fingerprint density at radius 1 is 0.840 bits per heavy atom. The molecule has 17 heteroatoms. The zero-order valence-electron chi connectivity index (χ0n) is 28.0. The summed E-state index contributed by atoms with van der Waals surface area (Å²) in [5.41, 5.74) is -3.90. The number of carbonyl (C=O) groups is 1. The molecule has 1 aliphatic rings. The van der Waals surface area contributed by atoms with Crippen LogP contribution in [0.3, 0.4) is 0 Å². The minimum absolute atomic E-state index is 0.00549. The third-order valence-electron chi connectivity index (χ3n) is 8.82. The van der Waals surface area contributed by atoms with Gasteiger partial charge in [0, 0.05) is 38.3 Å². The molecule has 2 aromatic carbocycles. The number of hydrogen-bond donors (Lipinski definition) is 0. The molecule has 1 heterocycles. The van der Waals surface area contributed by atoms with E-state index in [9.17, 15) is 44.3 Å². The molecule has 0 spiro atoms. The minimum atomic E-state index is -5.10. The van der Waals surface area contributed by atoms with Crippen LogP contribution < -0.4 is 9.80 Å². The molecule has 0 bridgehead atoms. The minimum Gasteiger partial charge on any atom is -0.466 e. The third-order valence-corrected chi connectivity index (χ3v) is 8.82. The lowest BCUT2D eigenvalue weighted by Crippen LogP contribution is -2.34. The quantitative estimate of drug-likeness (QED) is 0.137. The summed E-state index contributed by atoms with van der Waals surface area (Å²) < 4.78 is 130. The van der Waals surface area contributed by atoms with Gasteiger partial charge >= 0.3 is 24.5 Å². The van der Waals surface area contributed by atoms with Gasteiger partial charge in [-0.25, -0.2) is 0 Å². The van der Waals surface area contributed by atoms with Crippen molar-refractivity contribution in [3.05, 3.63) is 63.7 Å². The Hall–Kier alpha value is -4.05. The fourth-order valence-corrected chi connectivity index (χ4v) is 6.38. The van der Waals surface area contributed by atoms with Crippen molar-refractivity contribution in [3.63, 3.8) is 0 Å². The van der Waals surface area contributed by atoms with Crippen molar-refractivity contribution < 1.29 is 49.0 Å². The summed E-state index contributed by atoms with van der Waals surface area (Å²) >= 11 is 0. The Bertz CT molecular complexity index is 1580. The topological polar surface area (TPSA) is 76.4 Å². The summed E-state index contributed by atoms with van der Waals surface area (Å²) in [5, 5.41) is 11.7. The Morgan fingerprint density at radius 2 is 1.44 bits per heavy atom. The highest BCUT2D eigenvalue weighted by Gasteiger charge is 2.38. The number of ether oxygens (including phenoxy) is 1. The molecule has 0 radical (unpaired) electrons. The maximum absolute atomic E-state index is 14.2. The molecule has 1 saturated carbocycles. The van der Waals surface area contributed by atoms with Gasteiger partial charge < -0.3 is 14.5 Å². The molecule has 0 saturated heterocycles. The fraction of sp³-hybridized carbons (Fsp3) is 0.576. The summed E-state index contributed by atoms with van der Waals surface area (Å²) in [6.45, 7) is 5.07. The molecule has 0 N–H and O–H groups in total. The smallest absolute Gasteiger partial charge is 0.416 e. The number of hydrogen-bond acceptors (Lipinski definition) is 7. The van der Waals surface area contributed by atoms with Crippen LogP contribution in [0.2, 0.25) is 0 Å². The second kappa shape index (κ2) is 15.5. The number of carbonyl (C=O) groups excluding carboxylic acids is 1. The standard InChI is InChI=1S/C33H39F9N6O2/c1-5-47(17-22-9-7-21(8-10-22)14-29(49)50-6-2)28-11-20(3)27(33(40,41)42)15-24(28)19-48(30-43-45-46(4)44-30)18-23-12-25(31(34,35)36)16-26(13-23)32(37,38)39/h11-13,15-16,21-22H,5-10,14,17-19H2,1-4H3/t21-,22+. The molecule has 0 aliphatic heterocycles. The number of aryl methyl sites for hydroxylation is 2. The molecule has 50 heavy (non-hydrogen) atoms. The number of rotatable bonds is 12. The molecule has 3 aromatic rings. The average Bonchev–Trinajstić information content (AvgIpc) is 3.45. The maximum atomic E-state index is 14.2. The fourth-order valence-electron chi connectivity index (χ4n) is 6.38. The first-order valence-electron chi connectivity index (χ1n) is 16.2. The zero-order chi connectivity index (χ0) is 37.0. The van der Waals surface area contributed by atoms with Crippen molar-refractivity contribution in [2.75, 3.05) is 29.5 Å². The Kier molecular flexibility index (Phi) is 12.0. The second-order valence-corrected chi connectivity index (χ2v) is 12.6. The molecular weight excluding hydrogens is 683 g/mol. The van der Waals surface area contributed by atoms with E-state index >= 15 is 0 Å². The molecule has 8 nitrogen and oxygen atoms in total. The number of nitrogens with zero attached hydrogens (tertiary/aromatic N) is 6. The summed E-state index contributed by atoms with van der Waals surface area (Å²) in [7, 11) is 1.39. The van der Waals surface area contributed by atoms with Gasteiger partial charge in [0.25, 0.3) is 5.95 Å². The Balaban J connectivity index is 1.71. The van der Waals surface area contributed by atoms with Crippen LogP contribution in [0.15, 0.2) is 30.3 Å². The van der Waals surface area contributed by atoms with Crippen molar-refractivity contribution >= 4 is 17.6 Å². The monoisotopic (exact) mass is 722 g/mol. The van der Waals surface area contributed by atoms with Gasteiger partial charge in [-0.1, -0.05) is 5.10 Å². The van der Waals surface area contributed by atoms with E-state index in [0.29, 0.717) is 43.9 Å². The van der Waals surface area contributed by atoms with Crippen LogP contribution in [-0.4, -0.2) is 45.9 Å². The molecule has 1 aliphatic carbocycles. The lowest BCUT2D eigenvalue weighted by Gasteiger charge is -2.35. The molecule has 0 unspecified atom stereocenters. The summed E-state index contributed by atoms with van der Waals surface area (Å²) in [4.78, 5) is 16.1. The van der Waals surface area contributed by atoms with Crippen LogP contribution in [0.1, 0.15) is 79.3 Å². The first-order valence-corrected chi connectivity index (χ1v) is 16.2. The molecule has 0 atom stereocenters. The number of anilines is 2. The maximum Gasteiger partial charge on any atom is 0.416 e. The first-order chi connectivity index (χ1) is 23.3. The molecule has 0 amide bonds. The highest BCUT2D eigenvalue weighted by atomic mass is 19.4. The van der Waals surface area contributed by atoms with Crippen LogP contribution in [0.4, 0.5) is 51.1 Å². The van der Waals surface area contributed by atoms with Crippen molar-refractivity contribution in [3.8, 4) is 0 Å². The summed E-state index contributed by atoms with van der Waals surface area (Å²) in [5.74, 6) is -0.127. The van der Waals surface area contributed by atoms with Gasteiger partial charge in [-0.2, -0.15) is 44.3 Å². The predicted molar refractivity (Wildman–Crippen MR) is 166 cm³/mol. The van der Waals surface area contributed by atoms with E-state index in [1.807, 2.05) is 11.8 Å². The van der Waals surface area contributed by atoms with E-state index in [0.717, 1.165) is 36.5 Å². The Morgan fingerprint density at radius 3 is 1.94 bits per heavy atom. The molecule has 4 rings (SSSR count). The van der Waals surface area contributed by atoms with Gasteiger partial charge in [-0.05, 0) is 111 Å². The van der Waals surface area contributed by atoms with Gasteiger partial charge in [0.15, 0.2) is 0 Å². The van der Waals surface area contributed by atoms with Gasteiger partial charge in [-0.15, -0.1) is 5.10 Å². The van der Waals surface area contributed by atoms with E-state index in [-0.39, 0.29) is 40.9 Å². The lowest BCUT2D eigenvalue weighted by atomic mass is 9.80. The number of tetrazole rings is 1. The van der Waals surface area contributed by atoms with Crippen LogP contribution in [0, 0.1) is 18.8 Å². The highest BCUT2D eigenvalue weighted by molar-refractivity contribution is 5.69. The number of aromatic nitrogens is 4. The van der Waals surface area contributed by atoms with Crippen LogP contribution >= 0.6 is 0 Å². The van der Waals surface area contributed by atoms with Gasteiger partial charge in [0.05, 0.1) is 30.3 Å². The zero-order valence-corrected chi connectivity index (χ0v) is 28.0. The molecule has 1 aromatic heterocycles. The van der Waals surface area contributed by atoms with Crippen molar-refractivity contribution in [1.29, 1.82) is 0 Å².